The Hall–Kier alpha value is -3.82. The summed E-state index contributed by atoms with van der Waals surface area (Å²) in [4.78, 5) is 5.17. The van der Waals surface area contributed by atoms with Gasteiger partial charge in [-0.05, 0) is 42.5 Å². The summed E-state index contributed by atoms with van der Waals surface area (Å²) in [5, 5.41) is 0.678. The molecule has 0 aliphatic carbocycles. The lowest BCUT2D eigenvalue weighted by Crippen LogP contribution is -2.00. The number of methoxy groups -OCH3 is 1. The predicted molar refractivity (Wildman–Crippen MR) is 131 cm³/mol. The van der Waals surface area contributed by atoms with Gasteiger partial charge in [0, 0.05) is 27.4 Å². The second kappa shape index (κ2) is 8.74. The van der Waals surface area contributed by atoms with E-state index in [1.807, 2.05) is 78.9 Å². The van der Waals surface area contributed by atoms with Gasteiger partial charge in [-0.3, -0.25) is 4.57 Å². The molecule has 3 nitrogen and oxygen atoms in total. The maximum absolute atomic E-state index is 6.40. The molecule has 0 fully saturated rings. The molecule has 156 valence electrons. The van der Waals surface area contributed by atoms with E-state index in [4.69, 9.17) is 21.3 Å². The molecule has 0 aliphatic heterocycles. The van der Waals surface area contributed by atoms with Crippen LogP contribution in [0, 0.1) is 0 Å². The van der Waals surface area contributed by atoms with Crippen molar-refractivity contribution in [1.29, 1.82) is 0 Å². The van der Waals surface area contributed by atoms with Crippen LogP contribution in [0.1, 0.15) is 0 Å². The molecule has 0 unspecified atom stereocenters. The zero-order chi connectivity index (χ0) is 21.9. The fraction of sp³-hybridized carbons (Fsp3) is 0.0357. The summed E-state index contributed by atoms with van der Waals surface area (Å²) in [5.41, 5.74) is 6.02. The van der Waals surface area contributed by atoms with Crippen LogP contribution in [-0.2, 0) is 0 Å². The van der Waals surface area contributed by atoms with Crippen molar-refractivity contribution >= 4 is 11.6 Å². The lowest BCUT2D eigenvalue weighted by molar-refractivity contribution is 0.415. The standard InChI is InChI=1S/C28H21ClN2O/c1-32-25-17-15-22(16-18-25)28-30-26(20-9-4-2-5-10-20)27(21-11-6-3-7-12-21)31(28)24-14-8-13-23(29)19-24/h2-19H,1H3. The number of halogens is 1. The monoisotopic (exact) mass is 436 g/mol. The van der Waals surface area contributed by atoms with Crippen molar-refractivity contribution in [2.45, 2.75) is 0 Å². The van der Waals surface area contributed by atoms with Gasteiger partial charge in [0.05, 0.1) is 18.5 Å². The van der Waals surface area contributed by atoms with E-state index in [-0.39, 0.29) is 0 Å². The minimum atomic E-state index is 0.678. The highest BCUT2D eigenvalue weighted by Gasteiger charge is 2.22. The highest BCUT2D eigenvalue weighted by molar-refractivity contribution is 6.30. The van der Waals surface area contributed by atoms with Crippen molar-refractivity contribution in [2.75, 3.05) is 7.11 Å². The van der Waals surface area contributed by atoms with Crippen molar-refractivity contribution in [3.8, 4) is 45.3 Å². The Morgan fingerprint density at radius 1 is 0.688 bits per heavy atom. The zero-order valence-corrected chi connectivity index (χ0v) is 18.3. The number of imidazole rings is 1. The van der Waals surface area contributed by atoms with Gasteiger partial charge in [-0.15, -0.1) is 0 Å². The van der Waals surface area contributed by atoms with E-state index in [1.54, 1.807) is 7.11 Å². The Kier molecular flexibility index (Phi) is 5.49. The van der Waals surface area contributed by atoms with Gasteiger partial charge in [0.1, 0.15) is 11.6 Å². The molecule has 5 aromatic rings. The molecule has 0 bridgehead atoms. The second-order valence-electron chi connectivity index (χ2n) is 7.41. The maximum Gasteiger partial charge on any atom is 0.145 e. The van der Waals surface area contributed by atoms with Crippen LogP contribution in [0.25, 0.3) is 39.6 Å². The van der Waals surface area contributed by atoms with Gasteiger partial charge in [0.25, 0.3) is 0 Å². The largest absolute Gasteiger partial charge is 0.497 e. The fourth-order valence-corrected chi connectivity index (χ4v) is 4.06. The van der Waals surface area contributed by atoms with Crippen LogP contribution < -0.4 is 4.74 Å². The van der Waals surface area contributed by atoms with Gasteiger partial charge in [0.2, 0.25) is 0 Å². The smallest absolute Gasteiger partial charge is 0.145 e. The molecule has 0 aliphatic rings. The van der Waals surface area contributed by atoms with Crippen LogP contribution in [0.4, 0.5) is 0 Å². The Morgan fingerprint density at radius 2 is 1.34 bits per heavy atom. The molecule has 0 atom stereocenters. The minimum Gasteiger partial charge on any atom is -0.497 e. The lowest BCUT2D eigenvalue weighted by atomic mass is 10.0. The van der Waals surface area contributed by atoms with Gasteiger partial charge in [-0.25, -0.2) is 4.98 Å². The maximum atomic E-state index is 6.40. The van der Waals surface area contributed by atoms with Gasteiger partial charge in [0.15, 0.2) is 0 Å². The van der Waals surface area contributed by atoms with Crippen molar-refractivity contribution in [3.05, 3.63) is 114 Å². The van der Waals surface area contributed by atoms with Crippen molar-refractivity contribution < 1.29 is 4.74 Å². The van der Waals surface area contributed by atoms with Gasteiger partial charge < -0.3 is 4.74 Å². The molecule has 0 saturated carbocycles. The first kappa shape index (κ1) is 20.1. The average Bonchev–Trinajstić information content (AvgIpc) is 3.26. The highest BCUT2D eigenvalue weighted by Crippen LogP contribution is 2.39. The second-order valence-corrected chi connectivity index (χ2v) is 7.84. The Balaban J connectivity index is 1.86. The summed E-state index contributed by atoms with van der Waals surface area (Å²) in [6.07, 6.45) is 0. The zero-order valence-electron chi connectivity index (χ0n) is 17.6. The van der Waals surface area contributed by atoms with E-state index in [9.17, 15) is 0 Å². The summed E-state index contributed by atoms with van der Waals surface area (Å²) in [7, 11) is 1.67. The van der Waals surface area contributed by atoms with Gasteiger partial charge in [-0.2, -0.15) is 0 Å². The quantitative estimate of drug-likeness (QED) is 0.284. The third-order valence-corrected chi connectivity index (χ3v) is 5.62. The molecular weight excluding hydrogens is 416 g/mol. The number of ether oxygens (including phenoxy) is 1. The van der Waals surface area contributed by atoms with Crippen LogP contribution in [0.15, 0.2) is 109 Å². The lowest BCUT2D eigenvalue weighted by Gasteiger charge is -2.14. The molecule has 32 heavy (non-hydrogen) atoms. The highest BCUT2D eigenvalue weighted by atomic mass is 35.5. The van der Waals surface area contributed by atoms with Gasteiger partial charge in [-0.1, -0.05) is 78.3 Å². The summed E-state index contributed by atoms with van der Waals surface area (Å²) in [5.74, 6) is 1.65. The molecule has 0 amide bonds. The minimum absolute atomic E-state index is 0.678. The SMILES string of the molecule is COc1ccc(-c2nc(-c3ccccc3)c(-c3ccccc3)n2-c2cccc(Cl)c2)cc1. The Labute approximate surface area is 192 Å². The van der Waals surface area contributed by atoms with E-state index in [0.717, 1.165) is 45.3 Å². The topological polar surface area (TPSA) is 27.1 Å². The molecule has 1 heterocycles. The number of aromatic nitrogens is 2. The number of rotatable bonds is 5. The van der Waals surface area contributed by atoms with Crippen LogP contribution in [0.3, 0.4) is 0 Å². The molecule has 4 aromatic carbocycles. The molecule has 0 saturated heterocycles. The number of benzene rings is 4. The van der Waals surface area contributed by atoms with Crippen molar-refractivity contribution in [2.24, 2.45) is 0 Å². The van der Waals surface area contributed by atoms with E-state index in [0.29, 0.717) is 5.02 Å². The first-order valence-electron chi connectivity index (χ1n) is 10.4. The summed E-state index contributed by atoms with van der Waals surface area (Å²) in [6, 6.07) is 36.5. The molecule has 0 radical (unpaired) electrons. The molecule has 4 heteroatoms. The summed E-state index contributed by atoms with van der Waals surface area (Å²) in [6.45, 7) is 0. The van der Waals surface area contributed by atoms with E-state index in [1.165, 1.54) is 0 Å². The third kappa shape index (κ3) is 3.79. The summed E-state index contributed by atoms with van der Waals surface area (Å²) < 4.78 is 7.54. The summed E-state index contributed by atoms with van der Waals surface area (Å²) >= 11 is 6.40. The van der Waals surface area contributed by atoms with Crippen LogP contribution in [0.5, 0.6) is 5.75 Å². The van der Waals surface area contributed by atoms with Crippen molar-refractivity contribution in [3.63, 3.8) is 0 Å². The molecular formula is C28H21ClN2O. The molecule has 0 N–H and O–H groups in total. The van der Waals surface area contributed by atoms with E-state index >= 15 is 0 Å². The van der Waals surface area contributed by atoms with Gasteiger partial charge >= 0.3 is 0 Å². The first-order valence-corrected chi connectivity index (χ1v) is 10.8. The Bertz CT molecular complexity index is 1340. The first-order chi connectivity index (χ1) is 15.7. The van der Waals surface area contributed by atoms with Crippen molar-refractivity contribution in [1.82, 2.24) is 9.55 Å². The van der Waals surface area contributed by atoms with Crippen LogP contribution >= 0.6 is 11.6 Å². The molecule has 5 rings (SSSR count). The van der Waals surface area contributed by atoms with Crippen LogP contribution in [-0.4, -0.2) is 16.7 Å². The normalized spacial score (nSPS) is 10.8. The average molecular weight is 437 g/mol. The fourth-order valence-electron chi connectivity index (χ4n) is 3.88. The number of hydrogen-bond acceptors (Lipinski definition) is 2. The van der Waals surface area contributed by atoms with E-state index < -0.39 is 0 Å². The number of hydrogen-bond donors (Lipinski definition) is 0. The Morgan fingerprint density at radius 3 is 1.97 bits per heavy atom. The molecule has 1 aromatic heterocycles. The van der Waals surface area contributed by atoms with Crippen LogP contribution in [0.2, 0.25) is 5.02 Å². The number of nitrogens with zero attached hydrogens (tertiary/aromatic N) is 2. The molecule has 0 spiro atoms. The van der Waals surface area contributed by atoms with E-state index in [2.05, 4.69) is 34.9 Å². The predicted octanol–water partition coefficient (Wildman–Crippen LogP) is 7.54. The third-order valence-electron chi connectivity index (χ3n) is 5.39.